The van der Waals surface area contributed by atoms with Gasteiger partial charge in [0.15, 0.2) is 0 Å². The smallest absolute Gasteiger partial charge is 0.261 e. The fourth-order valence-electron chi connectivity index (χ4n) is 3.54. The average Bonchev–Trinajstić information content (AvgIpc) is 2.73. The van der Waals surface area contributed by atoms with Crippen LogP contribution in [0.3, 0.4) is 0 Å². The van der Waals surface area contributed by atoms with Crippen molar-refractivity contribution < 1.29 is 4.79 Å². The van der Waals surface area contributed by atoms with Crippen LogP contribution in [0.4, 0.5) is 5.69 Å². The van der Waals surface area contributed by atoms with E-state index in [4.69, 9.17) is 0 Å². The molecule has 2 N–H and O–H groups in total. The van der Waals surface area contributed by atoms with Gasteiger partial charge in [-0.25, -0.2) is 0 Å². The summed E-state index contributed by atoms with van der Waals surface area (Å²) in [5.74, 6) is -0.424. The van der Waals surface area contributed by atoms with Crippen LogP contribution in [0.15, 0.2) is 89.7 Å². The zero-order valence-electron chi connectivity index (χ0n) is 16.9. The number of aromatic nitrogens is 1. The second-order valence-electron chi connectivity index (χ2n) is 7.39. The summed E-state index contributed by atoms with van der Waals surface area (Å²) in [5.41, 5.74) is 6.23. The molecule has 0 aliphatic rings. The molecule has 0 bridgehead atoms. The first kappa shape index (κ1) is 19.4. The largest absolute Gasteiger partial charge is 0.322 e. The van der Waals surface area contributed by atoms with Crippen LogP contribution in [0.25, 0.3) is 22.4 Å². The second kappa shape index (κ2) is 8.21. The highest BCUT2D eigenvalue weighted by atomic mass is 16.2. The second-order valence-corrected chi connectivity index (χ2v) is 7.39. The third-order valence-corrected chi connectivity index (χ3v) is 4.94. The topological polar surface area (TPSA) is 62.0 Å². The van der Waals surface area contributed by atoms with Gasteiger partial charge in [0.2, 0.25) is 0 Å². The summed E-state index contributed by atoms with van der Waals surface area (Å²) in [6, 6.07) is 27.2. The Bertz CT molecular complexity index is 1240. The van der Waals surface area contributed by atoms with Crippen molar-refractivity contribution >= 4 is 11.6 Å². The van der Waals surface area contributed by atoms with E-state index in [1.807, 2.05) is 74.5 Å². The lowest BCUT2D eigenvalue weighted by Crippen LogP contribution is -2.23. The van der Waals surface area contributed by atoms with Crippen molar-refractivity contribution in [3.63, 3.8) is 0 Å². The number of carbonyl (C=O) groups is 1. The van der Waals surface area contributed by atoms with Gasteiger partial charge in [0, 0.05) is 11.4 Å². The first-order valence-electron chi connectivity index (χ1n) is 9.78. The Balaban J connectivity index is 1.55. The van der Waals surface area contributed by atoms with E-state index in [-0.39, 0.29) is 5.56 Å². The van der Waals surface area contributed by atoms with Gasteiger partial charge >= 0.3 is 0 Å². The predicted octanol–water partition coefficient (Wildman–Crippen LogP) is 5.58. The zero-order chi connectivity index (χ0) is 21.1. The minimum atomic E-state index is -0.424. The van der Waals surface area contributed by atoms with Crippen LogP contribution in [-0.2, 0) is 0 Å². The normalized spacial score (nSPS) is 10.6. The fraction of sp³-hybridized carbons (Fsp3) is 0.0769. The zero-order valence-corrected chi connectivity index (χ0v) is 16.9. The lowest BCUT2D eigenvalue weighted by atomic mass is 10.0. The molecule has 0 atom stereocenters. The van der Waals surface area contributed by atoms with Crippen molar-refractivity contribution in [2.45, 2.75) is 13.8 Å². The quantitative estimate of drug-likeness (QED) is 0.475. The number of aryl methyl sites for hydroxylation is 2. The molecule has 4 heteroatoms. The Morgan fingerprint density at radius 1 is 0.733 bits per heavy atom. The standard InChI is InChI=1S/C26H22N2O2/c1-17-14-18(2)16-22(15-17)27-25(29)23-12-13-24(28-26(23)30)21-10-8-20(9-11-21)19-6-4-3-5-7-19/h3-16H,1-2H3,(H,27,29)(H,28,30). The van der Waals surface area contributed by atoms with Gasteiger partial charge in [0.25, 0.3) is 11.5 Å². The van der Waals surface area contributed by atoms with Gasteiger partial charge in [-0.3, -0.25) is 9.59 Å². The first-order valence-corrected chi connectivity index (χ1v) is 9.78. The van der Waals surface area contributed by atoms with Crippen molar-refractivity contribution in [1.29, 1.82) is 0 Å². The SMILES string of the molecule is Cc1cc(C)cc(NC(=O)c2ccc(-c3ccc(-c4ccccc4)cc3)[nH]c2=O)c1. The summed E-state index contributed by atoms with van der Waals surface area (Å²) in [5, 5.41) is 2.81. The highest BCUT2D eigenvalue weighted by Crippen LogP contribution is 2.23. The number of amides is 1. The van der Waals surface area contributed by atoms with E-state index in [0.717, 1.165) is 27.8 Å². The summed E-state index contributed by atoms with van der Waals surface area (Å²) in [7, 11) is 0. The average molecular weight is 394 g/mol. The highest BCUT2D eigenvalue weighted by Gasteiger charge is 2.12. The maximum absolute atomic E-state index is 12.6. The van der Waals surface area contributed by atoms with Crippen molar-refractivity contribution in [1.82, 2.24) is 4.98 Å². The van der Waals surface area contributed by atoms with Crippen molar-refractivity contribution in [2.24, 2.45) is 0 Å². The van der Waals surface area contributed by atoms with Crippen LogP contribution in [0.1, 0.15) is 21.5 Å². The number of rotatable bonds is 4. The Labute approximate surface area is 175 Å². The molecular formula is C26H22N2O2. The number of hydrogen-bond acceptors (Lipinski definition) is 2. The van der Waals surface area contributed by atoms with Gasteiger partial charge in [-0.2, -0.15) is 0 Å². The van der Waals surface area contributed by atoms with E-state index in [2.05, 4.69) is 22.4 Å². The highest BCUT2D eigenvalue weighted by molar-refractivity contribution is 6.04. The number of H-pyrrole nitrogens is 1. The van der Waals surface area contributed by atoms with E-state index in [1.165, 1.54) is 0 Å². The van der Waals surface area contributed by atoms with Crippen LogP contribution in [0.2, 0.25) is 0 Å². The third-order valence-electron chi connectivity index (χ3n) is 4.94. The minimum absolute atomic E-state index is 0.0822. The van der Waals surface area contributed by atoms with Crippen LogP contribution in [-0.4, -0.2) is 10.9 Å². The molecule has 0 saturated carbocycles. The van der Waals surface area contributed by atoms with Crippen molar-refractivity contribution in [2.75, 3.05) is 5.32 Å². The molecule has 4 aromatic rings. The molecule has 0 saturated heterocycles. The lowest BCUT2D eigenvalue weighted by molar-refractivity contribution is 0.102. The number of benzene rings is 3. The molecule has 4 rings (SSSR count). The molecule has 4 nitrogen and oxygen atoms in total. The van der Waals surface area contributed by atoms with Crippen LogP contribution in [0.5, 0.6) is 0 Å². The molecule has 148 valence electrons. The number of pyridine rings is 1. The Hall–Kier alpha value is -3.92. The molecule has 0 radical (unpaired) electrons. The van der Waals surface area contributed by atoms with Gasteiger partial charge in [0.1, 0.15) is 5.56 Å². The fourth-order valence-corrected chi connectivity index (χ4v) is 3.54. The number of aromatic amines is 1. The van der Waals surface area contributed by atoms with Crippen LogP contribution >= 0.6 is 0 Å². The Morgan fingerprint density at radius 2 is 1.33 bits per heavy atom. The minimum Gasteiger partial charge on any atom is -0.322 e. The number of anilines is 1. The first-order chi connectivity index (χ1) is 14.5. The maximum Gasteiger partial charge on any atom is 0.261 e. The molecule has 30 heavy (non-hydrogen) atoms. The maximum atomic E-state index is 12.6. The Kier molecular flexibility index (Phi) is 5.31. The molecule has 0 aliphatic carbocycles. The summed E-state index contributed by atoms with van der Waals surface area (Å²) < 4.78 is 0. The molecule has 1 amide bonds. The Morgan fingerprint density at radius 3 is 1.97 bits per heavy atom. The van der Waals surface area contributed by atoms with E-state index in [1.54, 1.807) is 12.1 Å². The predicted molar refractivity (Wildman–Crippen MR) is 122 cm³/mol. The van der Waals surface area contributed by atoms with Crippen molar-refractivity contribution in [3.05, 3.63) is 112 Å². The molecule has 3 aromatic carbocycles. The third kappa shape index (κ3) is 4.23. The van der Waals surface area contributed by atoms with E-state index < -0.39 is 11.5 Å². The molecule has 1 heterocycles. The number of carbonyl (C=O) groups excluding carboxylic acids is 1. The van der Waals surface area contributed by atoms with Gasteiger partial charge in [0.05, 0.1) is 0 Å². The van der Waals surface area contributed by atoms with E-state index in [9.17, 15) is 9.59 Å². The molecule has 0 fully saturated rings. The monoisotopic (exact) mass is 394 g/mol. The van der Waals surface area contributed by atoms with Gasteiger partial charge in [-0.15, -0.1) is 0 Å². The van der Waals surface area contributed by atoms with E-state index in [0.29, 0.717) is 11.4 Å². The number of nitrogens with one attached hydrogen (secondary N) is 2. The lowest BCUT2D eigenvalue weighted by Gasteiger charge is -2.08. The van der Waals surface area contributed by atoms with Crippen molar-refractivity contribution in [3.8, 4) is 22.4 Å². The summed E-state index contributed by atoms with van der Waals surface area (Å²) in [6.07, 6.45) is 0. The molecule has 1 aromatic heterocycles. The molecule has 0 aliphatic heterocycles. The molecular weight excluding hydrogens is 372 g/mol. The number of hydrogen-bond donors (Lipinski definition) is 2. The summed E-state index contributed by atoms with van der Waals surface area (Å²) in [4.78, 5) is 28.0. The van der Waals surface area contributed by atoms with E-state index >= 15 is 0 Å². The van der Waals surface area contributed by atoms with Crippen LogP contribution < -0.4 is 10.9 Å². The molecule has 0 spiro atoms. The molecule has 0 unspecified atom stereocenters. The summed E-state index contributed by atoms with van der Waals surface area (Å²) >= 11 is 0. The summed E-state index contributed by atoms with van der Waals surface area (Å²) in [6.45, 7) is 3.93. The van der Waals surface area contributed by atoms with Gasteiger partial charge in [-0.1, -0.05) is 60.7 Å². The van der Waals surface area contributed by atoms with Gasteiger partial charge < -0.3 is 10.3 Å². The van der Waals surface area contributed by atoms with Crippen LogP contribution in [0, 0.1) is 13.8 Å². The van der Waals surface area contributed by atoms with Gasteiger partial charge in [-0.05, 0) is 65.9 Å².